The summed E-state index contributed by atoms with van der Waals surface area (Å²) in [4.78, 5) is 0. The number of rotatable bonds is 1. The molecule has 1 aliphatic carbocycles. The fourth-order valence-electron chi connectivity index (χ4n) is 2.18. The maximum absolute atomic E-state index is 13.8. The number of aryl methyl sites for hydroxylation is 1. The summed E-state index contributed by atoms with van der Waals surface area (Å²) in [5, 5.41) is 0. The molecule has 14 heavy (non-hydrogen) atoms. The maximum Gasteiger partial charge on any atom is 0.129 e. The molecule has 0 aromatic heterocycles. The van der Waals surface area contributed by atoms with Crippen LogP contribution >= 0.6 is 0 Å². The Morgan fingerprint density at radius 1 is 1.36 bits per heavy atom. The van der Waals surface area contributed by atoms with Gasteiger partial charge in [0.25, 0.3) is 0 Å². The van der Waals surface area contributed by atoms with E-state index in [-0.39, 0.29) is 23.2 Å². The van der Waals surface area contributed by atoms with Gasteiger partial charge in [-0.05, 0) is 23.5 Å². The molecule has 2 atom stereocenters. The monoisotopic (exact) mass is 193 g/mol. The topological polar surface area (TPSA) is 26.0 Å². The smallest absolute Gasteiger partial charge is 0.129 e. The maximum atomic E-state index is 13.8. The molecule has 2 rings (SSSR count). The Morgan fingerprint density at radius 3 is 2.43 bits per heavy atom. The average molecular weight is 193 g/mol. The van der Waals surface area contributed by atoms with Crippen LogP contribution in [0, 0.1) is 18.2 Å². The number of nitrogens with two attached hydrogens (primary N) is 1. The molecule has 1 saturated carbocycles. The summed E-state index contributed by atoms with van der Waals surface area (Å²) in [5.41, 5.74) is 7.46. The fourth-order valence-corrected chi connectivity index (χ4v) is 2.18. The van der Waals surface area contributed by atoms with Crippen LogP contribution in [0.15, 0.2) is 18.2 Å². The highest BCUT2D eigenvalue weighted by Gasteiger charge is 2.57. The largest absolute Gasteiger partial charge is 0.327 e. The van der Waals surface area contributed by atoms with E-state index >= 15 is 0 Å². The van der Waals surface area contributed by atoms with E-state index in [1.165, 1.54) is 0 Å². The molecule has 0 spiro atoms. The molecular weight excluding hydrogens is 177 g/mol. The summed E-state index contributed by atoms with van der Waals surface area (Å²) in [6, 6.07) is 5.63. The highest BCUT2D eigenvalue weighted by Crippen LogP contribution is 2.57. The van der Waals surface area contributed by atoms with Crippen molar-refractivity contribution in [1.29, 1.82) is 0 Å². The van der Waals surface area contributed by atoms with Gasteiger partial charge in [0, 0.05) is 12.0 Å². The number of hydrogen-bond donors (Lipinski definition) is 1. The molecule has 76 valence electrons. The van der Waals surface area contributed by atoms with Gasteiger partial charge in [-0.1, -0.05) is 32.0 Å². The molecule has 1 aromatic rings. The van der Waals surface area contributed by atoms with E-state index in [1.54, 1.807) is 13.0 Å². The summed E-state index contributed by atoms with van der Waals surface area (Å²) in [7, 11) is 0. The van der Waals surface area contributed by atoms with E-state index < -0.39 is 0 Å². The second kappa shape index (κ2) is 2.80. The first-order valence-corrected chi connectivity index (χ1v) is 4.97. The van der Waals surface area contributed by atoms with Crippen LogP contribution in [0.2, 0.25) is 0 Å². The van der Waals surface area contributed by atoms with Gasteiger partial charge in [-0.2, -0.15) is 0 Å². The Morgan fingerprint density at radius 2 is 1.93 bits per heavy atom. The first-order valence-electron chi connectivity index (χ1n) is 4.97. The lowest BCUT2D eigenvalue weighted by Crippen LogP contribution is -2.06. The SMILES string of the molecule is Cc1cccc([C@@H]2[C@@H](N)C2(C)C)c1F. The first-order chi connectivity index (χ1) is 6.46. The highest BCUT2D eigenvalue weighted by atomic mass is 19.1. The third kappa shape index (κ3) is 1.17. The van der Waals surface area contributed by atoms with Crippen LogP contribution in [0.25, 0.3) is 0 Å². The summed E-state index contributed by atoms with van der Waals surface area (Å²) >= 11 is 0. The number of benzene rings is 1. The van der Waals surface area contributed by atoms with Crippen LogP contribution in [0.5, 0.6) is 0 Å². The molecular formula is C12H16FN. The zero-order chi connectivity index (χ0) is 10.5. The van der Waals surface area contributed by atoms with Crippen LogP contribution in [0.3, 0.4) is 0 Å². The van der Waals surface area contributed by atoms with Crippen LogP contribution in [0.4, 0.5) is 4.39 Å². The molecule has 2 N–H and O–H groups in total. The van der Waals surface area contributed by atoms with Gasteiger partial charge in [-0.25, -0.2) is 4.39 Å². The van der Waals surface area contributed by atoms with E-state index in [4.69, 9.17) is 5.73 Å². The molecule has 0 radical (unpaired) electrons. The van der Waals surface area contributed by atoms with Crippen LogP contribution in [-0.4, -0.2) is 6.04 Å². The van der Waals surface area contributed by atoms with Gasteiger partial charge in [0.1, 0.15) is 5.82 Å². The zero-order valence-electron chi connectivity index (χ0n) is 8.84. The minimum atomic E-state index is -0.0847. The lowest BCUT2D eigenvalue weighted by Gasteiger charge is -2.06. The van der Waals surface area contributed by atoms with Gasteiger partial charge in [0.2, 0.25) is 0 Å². The minimum Gasteiger partial charge on any atom is -0.327 e. The summed E-state index contributed by atoms with van der Waals surface area (Å²) < 4.78 is 13.8. The van der Waals surface area contributed by atoms with Crippen molar-refractivity contribution >= 4 is 0 Å². The average Bonchev–Trinajstić information content (AvgIpc) is 2.59. The van der Waals surface area contributed by atoms with Crippen molar-refractivity contribution in [1.82, 2.24) is 0 Å². The predicted octanol–water partition coefficient (Wildman–Crippen LogP) is 2.58. The zero-order valence-corrected chi connectivity index (χ0v) is 8.84. The lowest BCUT2D eigenvalue weighted by atomic mass is 10.0. The molecule has 0 unspecified atom stereocenters. The summed E-state index contributed by atoms with van der Waals surface area (Å²) in [5.74, 6) is 0.0981. The van der Waals surface area contributed by atoms with Gasteiger partial charge in [0.15, 0.2) is 0 Å². The minimum absolute atomic E-state index is 0.0502. The van der Waals surface area contributed by atoms with Gasteiger partial charge >= 0.3 is 0 Å². The van der Waals surface area contributed by atoms with E-state index in [0.29, 0.717) is 5.56 Å². The second-order valence-corrected chi connectivity index (χ2v) is 4.80. The quantitative estimate of drug-likeness (QED) is 0.729. The molecule has 1 nitrogen and oxygen atoms in total. The van der Waals surface area contributed by atoms with Crippen molar-refractivity contribution in [2.45, 2.75) is 32.7 Å². The molecule has 0 amide bonds. The molecule has 1 aromatic carbocycles. The Kier molecular flexibility index (Phi) is 1.93. The van der Waals surface area contributed by atoms with Crippen molar-refractivity contribution in [3.05, 3.63) is 35.1 Å². The first kappa shape index (κ1) is 9.66. The molecule has 2 heteroatoms. The third-order valence-corrected chi connectivity index (χ3v) is 3.47. The lowest BCUT2D eigenvalue weighted by molar-refractivity contribution is 0.567. The Balaban J connectivity index is 2.40. The Labute approximate surface area is 84.1 Å². The summed E-state index contributed by atoms with van der Waals surface area (Å²) in [6.07, 6.45) is 0. The van der Waals surface area contributed by atoms with Crippen molar-refractivity contribution < 1.29 is 4.39 Å². The van der Waals surface area contributed by atoms with Crippen LogP contribution < -0.4 is 5.73 Å². The van der Waals surface area contributed by atoms with Gasteiger partial charge < -0.3 is 5.73 Å². The van der Waals surface area contributed by atoms with Gasteiger partial charge in [-0.15, -0.1) is 0 Å². The van der Waals surface area contributed by atoms with E-state index in [0.717, 1.165) is 5.56 Å². The Bertz CT molecular complexity index is 371. The van der Waals surface area contributed by atoms with Crippen LogP contribution in [0.1, 0.15) is 30.9 Å². The molecule has 0 aliphatic heterocycles. The molecule has 1 fully saturated rings. The van der Waals surface area contributed by atoms with E-state index in [9.17, 15) is 4.39 Å². The standard InChI is InChI=1S/C12H16FN/c1-7-5-4-6-8(10(7)13)9-11(14)12(9,2)3/h4-6,9,11H,14H2,1-3H3/t9-,11-/m1/s1. The molecule has 0 saturated heterocycles. The molecule has 0 heterocycles. The van der Waals surface area contributed by atoms with E-state index in [1.807, 2.05) is 12.1 Å². The molecule has 1 aliphatic rings. The third-order valence-electron chi connectivity index (χ3n) is 3.47. The van der Waals surface area contributed by atoms with Crippen molar-refractivity contribution in [3.8, 4) is 0 Å². The number of halogens is 1. The summed E-state index contributed by atoms with van der Waals surface area (Å²) in [6.45, 7) is 5.97. The molecule has 0 bridgehead atoms. The normalized spacial score (nSPS) is 28.9. The fraction of sp³-hybridized carbons (Fsp3) is 0.500. The van der Waals surface area contributed by atoms with Crippen LogP contribution in [-0.2, 0) is 0 Å². The second-order valence-electron chi connectivity index (χ2n) is 4.80. The van der Waals surface area contributed by atoms with Crippen molar-refractivity contribution in [3.63, 3.8) is 0 Å². The predicted molar refractivity (Wildman–Crippen MR) is 55.6 cm³/mol. The Hall–Kier alpha value is -0.890. The van der Waals surface area contributed by atoms with Gasteiger partial charge in [0.05, 0.1) is 0 Å². The van der Waals surface area contributed by atoms with Crippen molar-refractivity contribution in [2.75, 3.05) is 0 Å². The number of hydrogen-bond acceptors (Lipinski definition) is 1. The van der Waals surface area contributed by atoms with Crippen molar-refractivity contribution in [2.24, 2.45) is 11.1 Å². The van der Waals surface area contributed by atoms with E-state index in [2.05, 4.69) is 13.8 Å². The van der Waals surface area contributed by atoms with Gasteiger partial charge in [-0.3, -0.25) is 0 Å². The highest BCUT2D eigenvalue weighted by molar-refractivity contribution is 5.37.